The van der Waals surface area contributed by atoms with Crippen LogP contribution in [0.1, 0.15) is 49.0 Å². The molecule has 200 valence electrons. The molecule has 1 amide bonds. The molecule has 0 radical (unpaired) electrons. The van der Waals surface area contributed by atoms with Gasteiger partial charge in [0, 0.05) is 23.7 Å². The SMILES string of the molecule is COc1ccc([C@@H]2[C@H](CCC[C@H](O)c3ccc(F)cc3)CC(=O)N2c2ccc(-c3ccccc3)cc2)c(O)c1. The Bertz CT molecular complexity index is 1410. The molecule has 1 aliphatic rings. The predicted molar refractivity (Wildman–Crippen MR) is 150 cm³/mol. The molecular formula is C33H32FNO4. The predicted octanol–water partition coefficient (Wildman–Crippen LogP) is 7.21. The van der Waals surface area contributed by atoms with Gasteiger partial charge in [-0.05, 0) is 71.8 Å². The lowest BCUT2D eigenvalue weighted by molar-refractivity contribution is -0.117. The molecular weight excluding hydrogens is 493 g/mol. The summed E-state index contributed by atoms with van der Waals surface area (Å²) in [7, 11) is 1.55. The maximum Gasteiger partial charge on any atom is 0.227 e. The fraction of sp³-hybridized carbons (Fsp3) is 0.242. The van der Waals surface area contributed by atoms with Crippen molar-refractivity contribution in [3.05, 3.63) is 114 Å². The first-order chi connectivity index (χ1) is 18.9. The van der Waals surface area contributed by atoms with E-state index in [-0.39, 0.29) is 29.4 Å². The zero-order valence-electron chi connectivity index (χ0n) is 21.8. The number of amides is 1. The van der Waals surface area contributed by atoms with Gasteiger partial charge in [-0.25, -0.2) is 4.39 Å². The molecule has 1 saturated heterocycles. The number of nitrogens with zero attached hydrogens (tertiary/aromatic N) is 1. The molecule has 1 fully saturated rings. The van der Waals surface area contributed by atoms with Gasteiger partial charge in [-0.2, -0.15) is 0 Å². The van der Waals surface area contributed by atoms with Gasteiger partial charge in [-0.3, -0.25) is 4.79 Å². The molecule has 0 unspecified atom stereocenters. The molecule has 1 aliphatic heterocycles. The number of phenols is 1. The van der Waals surface area contributed by atoms with Crippen molar-refractivity contribution in [3.8, 4) is 22.6 Å². The highest BCUT2D eigenvalue weighted by Gasteiger charge is 2.42. The van der Waals surface area contributed by atoms with Crippen LogP contribution in [0.2, 0.25) is 0 Å². The minimum atomic E-state index is -0.711. The van der Waals surface area contributed by atoms with Crippen LogP contribution in [0.25, 0.3) is 11.1 Å². The van der Waals surface area contributed by atoms with Gasteiger partial charge in [-0.15, -0.1) is 0 Å². The van der Waals surface area contributed by atoms with Crippen molar-refractivity contribution in [1.29, 1.82) is 0 Å². The van der Waals surface area contributed by atoms with E-state index in [0.717, 1.165) is 16.8 Å². The van der Waals surface area contributed by atoms with Gasteiger partial charge < -0.3 is 19.8 Å². The Labute approximate surface area is 228 Å². The van der Waals surface area contributed by atoms with Gasteiger partial charge in [0.25, 0.3) is 0 Å². The van der Waals surface area contributed by atoms with Crippen LogP contribution in [-0.2, 0) is 4.79 Å². The first-order valence-corrected chi connectivity index (χ1v) is 13.2. The standard InChI is InChI=1S/C33H32FNO4/c1-39-28-18-19-29(31(37)21-28)33-25(8-5-9-30(36)24-10-14-26(34)15-11-24)20-32(38)35(33)27-16-12-23(13-17-27)22-6-3-2-4-7-22/h2-4,6-7,10-19,21,25,30,33,36-37H,5,8-9,20H2,1H3/t25-,30+,33+/m1/s1. The largest absolute Gasteiger partial charge is 0.507 e. The average molecular weight is 526 g/mol. The third-order valence-corrected chi connectivity index (χ3v) is 7.55. The van der Waals surface area contributed by atoms with Gasteiger partial charge >= 0.3 is 0 Å². The number of carbonyl (C=O) groups is 1. The van der Waals surface area contributed by atoms with Crippen molar-refractivity contribution in [1.82, 2.24) is 0 Å². The number of ether oxygens (including phenoxy) is 1. The lowest BCUT2D eigenvalue weighted by Crippen LogP contribution is -2.28. The zero-order valence-corrected chi connectivity index (χ0v) is 21.8. The molecule has 0 spiro atoms. The van der Waals surface area contributed by atoms with Crippen molar-refractivity contribution in [3.63, 3.8) is 0 Å². The second kappa shape index (κ2) is 11.7. The highest BCUT2D eigenvalue weighted by Crippen LogP contribution is 2.47. The van der Waals surface area contributed by atoms with Crippen LogP contribution in [-0.4, -0.2) is 23.2 Å². The fourth-order valence-corrected chi connectivity index (χ4v) is 5.53. The molecule has 4 aromatic rings. The number of carbonyl (C=O) groups excluding carboxylic acids is 1. The molecule has 3 atom stereocenters. The van der Waals surface area contributed by atoms with Crippen LogP contribution in [0.15, 0.2) is 97.1 Å². The Morgan fingerprint density at radius 2 is 1.64 bits per heavy atom. The fourth-order valence-electron chi connectivity index (χ4n) is 5.53. The van der Waals surface area contributed by atoms with Crippen LogP contribution in [0, 0.1) is 11.7 Å². The van der Waals surface area contributed by atoms with Gasteiger partial charge in [0.2, 0.25) is 5.91 Å². The van der Waals surface area contributed by atoms with E-state index in [1.165, 1.54) is 12.1 Å². The maximum atomic E-state index is 13.4. The first kappa shape index (κ1) is 26.4. The van der Waals surface area contributed by atoms with E-state index in [9.17, 15) is 19.4 Å². The minimum absolute atomic E-state index is 0.00763. The topological polar surface area (TPSA) is 70.0 Å². The highest BCUT2D eigenvalue weighted by atomic mass is 19.1. The van der Waals surface area contributed by atoms with Crippen LogP contribution in [0.5, 0.6) is 11.5 Å². The molecule has 5 nitrogen and oxygen atoms in total. The number of halogens is 1. The number of methoxy groups -OCH3 is 1. The van der Waals surface area contributed by atoms with E-state index in [1.807, 2.05) is 60.7 Å². The van der Waals surface area contributed by atoms with E-state index in [4.69, 9.17) is 4.74 Å². The maximum absolute atomic E-state index is 13.4. The van der Waals surface area contributed by atoms with Gasteiger partial charge in [0.05, 0.1) is 19.3 Å². The summed E-state index contributed by atoms with van der Waals surface area (Å²) in [6, 6.07) is 28.7. The molecule has 39 heavy (non-hydrogen) atoms. The number of aromatic hydroxyl groups is 1. The van der Waals surface area contributed by atoms with E-state index < -0.39 is 6.10 Å². The number of hydrogen-bond acceptors (Lipinski definition) is 4. The molecule has 0 saturated carbocycles. The smallest absolute Gasteiger partial charge is 0.227 e. The van der Waals surface area contributed by atoms with Crippen LogP contribution in [0.4, 0.5) is 10.1 Å². The van der Waals surface area contributed by atoms with Gasteiger partial charge in [0.15, 0.2) is 0 Å². The summed E-state index contributed by atoms with van der Waals surface area (Å²) in [4.78, 5) is 15.2. The highest BCUT2D eigenvalue weighted by molar-refractivity contribution is 5.97. The van der Waals surface area contributed by atoms with E-state index in [1.54, 1.807) is 36.3 Å². The van der Waals surface area contributed by atoms with E-state index >= 15 is 0 Å². The summed E-state index contributed by atoms with van der Waals surface area (Å²) < 4.78 is 18.5. The normalized spacial score (nSPS) is 17.8. The lowest BCUT2D eigenvalue weighted by atomic mass is 9.87. The Kier molecular flexibility index (Phi) is 7.94. The summed E-state index contributed by atoms with van der Waals surface area (Å²) >= 11 is 0. The quantitative estimate of drug-likeness (QED) is 0.242. The molecule has 1 heterocycles. The molecule has 4 aromatic carbocycles. The van der Waals surface area contributed by atoms with E-state index in [2.05, 4.69) is 0 Å². The number of aliphatic hydroxyl groups excluding tert-OH is 1. The second-order valence-electron chi connectivity index (χ2n) is 10.0. The third kappa shape index (κ3) is 5.81. The van der Waals surface area contributed by atoms with Crippen molar-refractivity contribution < 1.29 is 24.1 Å². The number of rotatable bonds is 9. The van der Waals surface area contributed by atoms with Crippen molar-refractivity contribution >= 4 is 11.6 Å². The van der Waals surface area contributed by atoms with Crippen molar-refractivity contribution in [2.24, 2.45) is 5.92 Å². The van der Waals surface area contributed by atoms with Crippen LogP contribution < -0.4 is 9.64 Å². The second-order valence-corrected chi connectivity index (χ2v) is 10.0. The Hall–Kier alpha value is -4.16. The average Bonchev–Trinajstić information content (AvgIpc) is 3.29. The zero-order chi connectivity index (χ0) is 27.4. The van der Waals surface area contributed by atoms with Crippen LogP contribution >= 0.6 is 0 Å². The third-order valence-electron chi connectivity index (χ3n) is 7.55. The molecule has 6 heteroatoms. The summed E-state index contributed by atoms with van der Waals surface area (Å²) in [5.74, 6) is 0.210. The van der Waals surface area contributed by atoms with E-state index in [0.29, 0.717) is 42.6 Å². The molecule has 2 N–H and O–H groups in total. The molecule has 0 aromatic heterocycles. The number of phenolic OH excluding ortho intramolecular Hbond substituents is 1. The van der Waals surface area contributed by atoms with Crippen LogP contribution in [0.3, 0.4) is 0 Å². The Morgan fingerprint density at radius 3 is 2.31 bits per heavy atom. The summed E-state index contributed by atoms with van der Waals surface area (Å²) in [6.07, 6.45) is 1.47. The number of benzene rings is 4. The van der Waals surface area contributed by atoms with Gasteiger partial charge in [0.1, 0.15) is 17.3 Å². The summed E-state index contributed by atoms with van der Waals surface area (Å²) in [5.41, 5.74) is 4.26. The van der Waals surface area contributed by atoms with Crippen molar-refractivity contribution in [2.75, 3.05) is 12.0 Å². The summed E-state index contributed by atoms with van der Waals surface area (Å²) in [5, 5.41) is 21.6. The molecule has 0 aliphatic carbocycles. The monoisotopic (exact) mass is 525 g/mol. The van der Waals surface area contributed by atoms with Gasteiger partial charge in [-0.1, -0.05) is 61.0 Å². The number of aliphatic hydroxyl groups is 1. The minimum Gasteiger partial charge on any atom is -0.507 e. The Morgan fingerprint density at radius 1 is 0.949 bits per heavy atom. The van der Waals surface area contributed by atoms with Crippen molar-refractivity contribution in [2.45, 2.75) is 37.8 Å². The summed E-state index contributed by atoms with van der Waals surface area (Å²) in [6.45, 7) is 0. The molecule has 5 rings (SSSR count). The Balaban J connectivity index is 1.39. The lowest BCUT2D eigenvalue weighted by Gasteiger charge is -2.30. The molecule has 0 bridgehead atoms. The number of anilines is 1. The first-order valence-electron chi connectivity index (χ1n) is 13.2. The number of hydrogen-bond donors (Lipinski definition) is 2.